The number of ether oxygens (including phenoxy) is 1. The largest absolute Gasteiger partial charge is 0.494 e. The van der Waals surface area contributed by atoms with Crippen LogP contribution >= 0.6 is 23.2 Å². The van der Waals surface area contributed by atoms with Crippen LogP contribution in [0.5, 0.6) is 5.75 Å². The highest BCUT2D eigenvalue weighted by molar-refractivity contribution is 6.36. The summed E-state index contributed by atoms with van der Waals surface area (Å²) in [6, 6.07) is 11.1. The summed E-state index contributed by atoms with van der Waals surface area (Å²) in [6.45, 7) is 2.72. The Bertz CT molecular complexity index is 748. The average molecular weight is 381 g/mol. The summed E-state index contributed by atoms with van der Waals surface area (Å²) in [4.78, 5) is 24.1. The monoisotopic (exact) mass is 380 g/mol. The van der Waals surface area contributed by atoms with Gasteiger partial charge >= 0.3 is 0 Å². The molecule has 0 aliphatic heterocycles. The minimum Gasteiger partial charge on any atom is -0.494 e. The second-order valence-corrected chi connectivity index (χ2v) is 6.10. The molecule has 0 saturated heterocycles. The second-order valence-electron chi connectivity index (χ2n) is 5.26. The van der Waals surface area contributed by atoms with Gasteiger partial charge in [-0.3, -0.25) is 20.4 Å². The van der Waals surface area contributed by atoms with Crippen LogP contribution in [0.25, 0.3) is 0 Å². The van der Waals surface area contributed by atoms with Crippen LogP contribution in [0, 0.1) is 0 Å². The molecule has 0 atom stereocenters. The highest BCUT2D eigenvalue weighted by Gasteiger charge is 2.12. The van der Waals surface area contributed by atoms with E-state index in [1.807, 2.05) is 0 Å². The summed E-state index contributed by atoms with van der Waals surface area (Å²) in [7, 11) is 0. The number of carbonyl (C=O) groups excluding carboxylic acids is 2. The molecular formula is C18H18Cl2N2O3. The lowest BCUT2D eigenvalue weighted by Gasteiger charge is -2.09. The zero-order valence-corrected chi connectivity index (χ0v) is 15.2. The van der Waals surface area contributed by atoms with Crippen molar-refractivity contribution in [3.05, 3.63) is 63.6 Å². The van der Waals surface area contributed by atoms with Crippen molar-refractivity contribution in [2.75, 3.05) is 6.61 Å². The molecule has 0 fully saturated rings. The molecule has 2 rings (SSSR count). The van der Waals surface area contributed by atoms with Crippen molar-refractivity contribution in [1.29, 1.82) is 0 Å². The lowest BCUT2D eigenvalue weighted by atomic mass is 10.2. The van der Waals surface area contributed by atoms with Crippen LogP contribution in [0.1, 0.15) is 40.5 Å². The smallest absolute Gasteiger partial charge is 0.271 e. The van der Waals surface area contributed by atoms with Gasteiger partial charge in [-0.25, -0.2) is 0 Å². The minimum atomic E-state index is -0.533. The number of hydrazine groups is 1. The van der Waals surface area contributed by atoms with E-state index in [9.17, 15) is 9.59 Å². The quantitative estimate of drug-likeness (QED) is 0.581. The molecule has 2 amide bonds. The maximum absolute atomic E-state index is 12.1. The minimum absolute atomic E-state index is 0.202. The van der Waals surface area contributed by atoms with Gasteiger partial charge in [-0.15, -0.1) is 0 Å². The molecule has 0 aliphatic carbocycles. The number of amides is 2. The van der Waals surface area contributed by atoms with Crippen LogP contribution in [-0.4, -0.2) is 18.4 Å². The van der Waals surface area contributed by atoms with Gasteiger partial charge in [-0.1, -0.05) is 36.5 Å². The standard InChI is InChI=1S/C18H18Cl2N2O3/c1-2-3-10-25-14-7-4-12(5-8-14)17(23)21-22-18(24)15-9-6-13(19)11-16(15)20/h4-9,11H,2-3,10H2,1H3,(H,21,23)(H,22,24). The maximum Gasteiger partial charge on any atom is 0.271 e. The molecule has 0 radical (unpaired) electrons. The van der Waals surface area contributed by atoms with Gasteiger partial charge in [0.05, 0.1) is 17.2 Å². The first-order chi connectivity index (χ1) is 12.0. The number of rotatable bonds is 6. The van der Waals surface area contributed by atoms with Gasteiger partial charge in [-0.05, 0) is 48.9 Å². The Morgan fingerprint density at radius 2 is 1.68 bits per heavy atom. The van der Waals surface area contributed by atoms with Gasteiger partial charge in [0.15, 0.2) is 0 Å². The van der Waals surface area contributed by atoms with Crippen LogP contribution in [0.3, 0.4) is 0 Å². The first-order valence-electron chi connectivity index (χ1n) is 7.80. The van der Waals surface area contributed by atoms with E-state index in [4.69, 9.17) is 27.9 Å². The Balaban J connectivity index is 1.90. The SMILES string of the molecule is CCCCOc1ccc(C(=O)NNC(=O)c2ccc(Cl)cc2Cl)cc1. The zero-order chi connectivity index (χ0) is 18.2. The molecule has 7 heteroatoms. The number of nitrogens with one attached hydrogen (secondary N) is 2. The molecule has 0 aliphatic rings. The first kappa shape index (κ1) is 19.1. The lowest BCUT2D eigenvalue weighted by Crippen LogP contribution is -2.41. The van der Waals surface area contributed by atoms with Gasteiger partial charge < -0.3 is 4.74 Å². The molecule has 25 heavy (non-hydrogen) atoms. The highest BCUT2D eigenvalue weighted by atomic mass is 35.5. The van der Waals surface area contributed by atoms with E-state index in [1.54, 1.807) is 30.3 Å². The third-order valence-corrected chi connectivity index (χ3v) is 3.90. The topological polar surface area (TPSA) is 67.4 Å². The Labute approximate surface area is 156 Å². The summed E-state index contributed by atoms with van der Waals surface area (Å²) in [5.74, 6) is -0.282. The van der Waals surface area contributed by atoms with Gasteiger partial charge in [0, 0.05) is 10.6 Å². The van der Waals surface area contributed by atoms with Crippen LogP contribution in [0.4, 0.5) is 0 Å². The Morgan fingerprint density at radius 1 is 1.00 bits per heavy atom. The Morgan fingerprint density at radius 3 is 2.32 bits per heavy atom. The molecule has 2 aromatic carbocycles. The molecule has 2 N–H and O–H groups in total. The third kappa shape index (κ3) is 5.66. The summed E-state index contributed by atoms with van der Waals surface area (Å²) < 4.78 is 5.53. The predicted octanol–water partition coefficient (Wildman–Crippen LogP) is 4.25. The van der Waals surface area contributed by atoms with E-state index in [2.05, 4.69) is 17.8 Å². The van der Waals surface area contributed by atoms with Gasteiger partial charge in [-0.2, -0.15) is 0 Å². The number of carbonyl (C=O) groups is 2. The van der Waals surface area contributed by atoms with Gasteiger partial charge in [0.25, 0.3) is 11.8 Å². The molecule has 0 heterocycles. The molecule has 0 aromatic heterocycles. The molecule has 132 valence electrons. The van der Waals surface area contributed by atoms with E-state index in [-0.39, 0.29) is 10.6 Å². The van der Waals surface area contributed by atoms with E-state index >= 15 is 0 Å². The van der Waals surface area contributed by atoms with Crippen LogP contribution in [-0.2, 0) is 0 Å². The molecular weight excluding hydrogens is 363 g/mol. The van der Waals surface area contributed by atoms with Crippen molar-refractivity contribution in [3.8, 4) is 5.75 Å². The van der Waals surface area contributed by atoms with Crippen LogP contribution < -0.4 is 15.6 Å². The van der Waals surface area contributed by atoms with Crippen molar-refractivity contribution < 1.29 is 14.3 Å². The molecule has 0 saturated carbocycles. The fraction of sp³-hybridized carbons (Fsp3) is 0.222. The molecule has 0 unspecified atom stereocenters. The van der Waals surface area contributed by atoms with Crippen LogP contribution in [0.2, 0.25) is 10.0 Å². The molecule has 5 nitrogen and oxygen atoms in total. The third-order valence-electron chi connectivity index (χ3n) is 3.35. The first-order valence-corrected chi connectivity index (χ1v) is 8.55. The molecule has 2 aromatic rings. The molecule has 0 spiro atoms. The van der Waals surface area contributed by atoms with Gasteiger partial charge in [0.1, 0.15) is 5.75 Å². The number of hydrogen-bond donors (Lipinski definition) is 2. The summed E-state index contributed by atoms with van der Waals surface area (Å²) >= 11 is 11.7. The van der Waals surface area contributed by atoms with E-state index in [0.717, 1.165) is 12.8 Å². The fourth-order valence-corrected chi connectivity index (χ4v) is 2.46. The van der Waals surface area contributed by atoms with Crippen molar-refractivity contribution in [2.45, 2.75) is 19.8 Å². The van der Waals surface area contributed by atoms with Crippen molar-refractivity contribution >= 4 is 35.0 Å². The van der Waals surface area contributed by atoms with E-state index < -0.39 is 11.8 Å². The van der Waals surface area contributed by atoms with E-state index in [1.165, 1.54) is 12.1 Å². The maximum atomic E-state index is 12.1. The number of unbranched alkanes of at least 4 members (excludes halogenated alkanes) is 1. The lowest BCUT2D eigenvalue weighted by molar-refractivity contribution is 0.0846. The second kappa shape index (κ2) is 9.30. The Hall–Kier alpha value is -2.24. The van der Waals surface area contributed by atoms with Crippen molar-refractivity contribution in [3.63, 3.8) is 0 Å². The van der Waals surface area contributed by atoms with Crippen molar-refractivity contribution in [1.82, 2.24) is 10.9 Å². The van der Waals surface area contributed by atoms with Gasteiger partial charge in [0.2, 0.25) is 0 Å². The number of hydrogen-bond acceptors (Lipinski definition) is 3. The van der Waals surface area contributed by atoms with E-state index in [0.29, 0.717) is 22.9 Å². The molecule has 0 bridgehead atoms. The predicted molar refractivity (Wildman–Crippen MR) is 98.2 cm³/mol. The fourth-order valence-electron chi connectivity index (χ4n) is 1.96. The van der Waals surface area contributed by atoms with Crippen molar-refractivity contribution in [2.24, 2.45) is 0 Å². The Kier molecular flexibility index (Phi) is 7.10. The normalized spacial score (nSPS) is 10.2. The van der Waals surface area contributed by atoms with Crippen LogP contribution in [0.15, 0.2) is 42.5 Å². The number of halogens is 2. The average Bonchev–Trinajstić information content (AvgIpc) is 2.60. The highest BCUT2D eigenvalue weighted by Crippen LogP contribution is 2.20. The summed E-state index contributed by atoms with van der Waals surface area (Å²) in [6.07, 6.45) is 2.03. The zero-order valence-electron chi connectivity index (χ0n) is 13.6. The number of benzene rings is 2. The summed E-state index contributed by atoms with van der Waals surface area (Å²) in [5.41, 5.74) is 5.26. The summed E-state index contributed by atoms with van der Waals surface area (Å²) in [5, 5.41) is 0.625.